The topological polar surface area (TPSA) is 22.1 Å². The fourth-order valence-corrected chi connectivity index (χ4v) is 1.97. The molecule has 3 heteroatoms. The van der Waals surface area contributed by atoms with Crippen LogP contribution in [0.15, 0.2) is 30.5 Å². The summed E-state index contributed by atoms with van der Waals surface area (Å²) in [5.74, 6) is 1.46. The summed E-state index contributed by atoms with van der Waals surface area (Å²) < 4.78 is 6.99. The molecule has 1 aromatic heterocycles. The predicted octanol–water partition coefficient (Wildman–Crippen LogP) is 3.87. The number of hydrogen-bond donors (Lipinski definition) is 0. The number of nitrogens with zero attached hydrogens (tertiary/aromatic N) is 1. The van der Waals surface area contributed by atoms with Gasteiger partial charge in [0.2, 0.25) is 0 Å². The molecule has 0 bridgehead atoms. The van der Waals surface area contributed by atoms with Crippen LogP contribution in [0.3, 0.4) is 0 Å². The molecule has 0 fully saturated rings. The smallest absolute Gasteiger partial charge is 0.130 e. The zero-order valence-electron chi connectivity index (χ0n) is 9.40. The van der Waals surface area contributed by atoms with Gasteiger partial charge in [-0.3, -0.25) is 4.98 Å². The van der Waals surface area contributed by atoms with Gasteiger partial charge in [-0.15, -0.1) is 0 Å². The Bertz CT molecular complexity index is 496. The van der Waals surface area contributed by atoms with Gasteiger partial charge in [-0.2, -0.15) is 0 Å². The Morgan fingerprint density at radius 1 is 1.31 bits per heavy atom. The molecule has 2 aromatic rings. The van der Waals surface area contributed by atoms with E-state index >= 15 is 0 Å². The first-order valence-electron chi connectivity index (χ1n) is 5.34. The number of pyridine rings is 1. The van der Waals surface area contributed by atoms with Crippen molar-refractivity contribution in [2.45, 2.75) is 13.8 Å². The first-order valence-corrected chi connectivity index (χ1v) is 6.42. The van der Waals surface area contributed by atoms with Gasteiger partial charge in [0.1, 0.15) is 5.75 Å². The normalized spacial score (nSPS) is 11.0. The number of rotatable bonds is 3. The summed E-state index contributed by atoms with van der Waals surface area (Å²) in [6.45, 7) is 5.03. The van der Waals surface area contributed by atoms with E-state index in [1.807, 2.05) is 12.1 Å². The van der Waals surface area contributed by atoms with Crippen molar-refractivity contribution in [3.63, 3.8) is 0 Å². The van der Waals surface area contributed by atoms with Crippen molar-refractivity contribution >= 4 is 33.5 Å². The SMILES string of the molecule is CC(C)COc1ccnc2ccc(I)cc12. The average Bonchev–Trinajstić information content (AvgIpc) is 2.26. The third-order valence-corrected chi connectivity index (χ3v) is 2.91. The quantitative estimate of drug-likeness (QED) is 0.799. The van der Waals surface area contributed by atoms with Crippen LogP contribution in [0.1, 0.15) is 13.8 Å². The highest BCUT2D eigenvalue weighted by molar-refractivity contribution is 14.1. The van der Waals surface area contributed by atoms with Crippen molar-refractivity contribution < 1.29 is 4.74 Å². The van der Waals surface area contributed by atoms with Gasteiger partial charge in [-0.25, -0.2) is 0 Å². The highest BCUT2D eigenvalue weighted by Gasteiger charge is 2.04. The van der Waals surface area contributed by atoms with Crippen LogP contribution in [0.4, 0.5) is 0 Å². The molecule has 0 amide bonds. The van der Waals surface area contributed by atoms with Crippen molar-refractivity contribution in [1.82, 2.24) is 4.98 Å². The largest absolute Gasteiger partial charge is 0.493 e. The zero-order chi connectivity index (χ0) is 11.5. The summed E-state index contributed by atoms with van der Waals surface area (Å²) in [5, 5.41) is 1.09. The molecular weight excluding hydrogens is 313 g/mol. The van der Waals surface area contributed by atoms with Crippen molar-refractivity contribution in [2.24, 2.45) is 5.92 Å². The van der Waals surface area contributed by atoms with Crippen LogP contribution < -0.4 is 4.74 Å². The van der Waals surface area contributed by atoms with Crippen molar-refractivity contribution in [3.8, 4) is 5.75 Å². The second-order valence-electron chi connectivity index (χ2n) is 4.18. The van der Waals surface area contributed by atoms with Crippen molar-refractivity contribution in [3.05, 3.63) is 34.0 Å². The second kappa shape index (κ2) is 4.99. The third-order valence-electron chi connectivity index (χ3n) is 2.24. The number of aromatic nitrogens is 1. The second-order valence-corrected chi connectivity index (χ2v) is 5.42. The molecule has 2 rings (SSSR count). The fraction of sp³-hybridized carbons (Fsp3) is 0.308. The van der Waals surface area contributed by atoms with Gasteiger partial charge in [0.05, 0.1) is 12.1 Å². The molecule has 0 aliphatic carbocycles. The van der Waals surface area contributed by atoms with E-state index in [9.17, 15) is 0 Å². The van der Waals surface area contributed by atoms with Crippen LogP contribution in [0.5, 0.6) is 5.75 Å². The number of hydrogen-bond acceptors (Lipinski definition) is 2. The Labute approximate surface area is 109 Å². The monoisotopic (exact) mass is 327 g/mol. The molecule has 1 heterocycles. The van der Waals surface area contributed by atoms with Crippen molar-refractivity contribution in [1.29, 1.82) is 0 Å². The zero-order valence-corrected chi connectivity index (χ0v) is 11.6. The fourth-order valence-electron chi connectivity index (χ4n) is 1.48. The van der Waals surface area contributed by atoms with Crippen LogP contribution in [0.25, 0.3) is 10.9 Å². The molecule has 0 saturated heterocycles. The molecule has 84 valence electrons. The van der Waals surface area contributed by atoms with Gasteiger partial charge in [0.15, 0.2) is 0 Å². The maximum absolute atomic E-state index is 5.79. The number of benzene rings is 1. The number of fused-ring (bicyclic) bond motifs is 1. The summed E-state index contributed by atoms with van der Waals surface area (Å²) in [4.78, 5) is 4.33. The molecule has 0 aliphatic heterocycles. The standard InChI is InChI=1S/C13H14INO/c1-9(2)8-16-13-5-6-15-12-4-3-10(14)7-11(12)13/h3-7,9H,8H2,1-2H3. The molecular formula is C13H14INO. The Hall–Kier alpha value is -0.840. The molecule has 2 nitrogen and oxygen atoms in total. The average molecular weight is 327 g/mol. The van der Waals surface area contributed by atoms with E-state index in [2.05, 4.69) is 53.6 Å². The highest BCUT2D eigenvalue weighted by atomic mass is 127. The van der Waals surface area contributed by atoms with Gasteiger partial charge in [0.25, 0.3) is 0 Å². The molecule has 0 aliphatic rings. The first-order chi connectivity index (χ1) is 7.66. The molecule has 0 saturated carbocycles. The van der Waals surface area contributed by atoms with Crippen LogP contribution in [-0.2, 0) is 0 Å². The number of halogens is 1. The molecule has 0 N–H and O–H groups in total. The highest BCUT2D eigenvalue weighted by Crippen LogP contribution is 2.25. The van der Waals surface area contributed by atoms with E-state index in [4.69, 9.17) is 4.74 Å². The van der Waals surface area contributed by atoms with E-state index in [1.54, 1.807) is 6.20 Å². The summed E-state index contributed by atoms with van der Waals surface area (Å²) >= 11 is 2.30. The lowest BCUT2D eigenvalue weighted by molar-refractivity contribution is 0.274. The minimum atomic E-state index is 0.533. The van der Waals surface area contributed by atoms with Gasteiger partial charge < -0.3 is 4.74 Å². The van der Waals surface area contributed by atoms with Gasteiger partial charge in [0, 0.05) is 15.2 Å². The van der Waals surface area contributed by atoms with Crippen LogP contribution >= 0.6 is 22.6 Å². The Kier molecular flexibility index (Phi) is 3.63. The van der Waals surface area contributed by atoms with Crippen LogP contribution in [-0.4, -0.2) is 11.6 Å². The Morgan fingerprint density at radius 2 is 2.12 bits per heavy atom. The molecule has 0 radical (unpaired) electrons. The van der Waals surface area contributed by atoms with Gasteiger partial charge in [-0.05, 0) is 52.8 Å². The molecule has 16 heavy (non-hydrogen) atoms. The molecule has 0 unspecified atom stereocenters. The Balaban J connectivity index is 2.40. The molecule has 0 spiro atoms. The third kappa shape index (κ3) is 2.64. The maximum Gasteiger partial charge on any atom is 0.130 e. The van der Waals surface area contributed by atoms with E-state index in [1.165, 1.54) is 3.57 Å². The molecule has 1 aromatic carbocycles. The lowest BCUT2D eigenvalue weighted by Crippen LogP contribution is -2.04. The van der Waals surface area contributed by atoms with E-state index in [0.29, 0.717) is 5.92 Å². The van der Waals surface area contributed by atoms with E-state index in [-0.39, 0.29) is 0 Å². The minimum Gasteiger partial charge on any atom is -0.493 e. The van der Waals surface area contributed by atoms with Crippen LogP contribution in [0, 0.1) is 9.49 Å². The van der Waals surface area contributed by atoms with Gasteiger partial charge in [-0.1, -0.05) is 13.8 Å². The lowest BCUT2D eigenvalue weighted by atomic mass is 10.2. The summed E-state index contributed by atoms with van der Waals surface area (Å²) in [6, 6.07) is 8.13. The summed E-state index contributed by atoms with van der Waals surface area (Å²) in [5.41, 5.74) is 0.988. The summed E-state index contributed by atoms with van der Waals surface area (Å²) in [6.07, 6.45) is 1.80. The van der Waals surface area contributed by atoms with Crippen LogP contribution in [0.2, 0.25) is 0 Å². The van der Waals surface area contributed by atoms with E-state index < -0.39 is 0 Å². The number of ether oxygens (including phenoxy) is 1. The minimum absolute atomic E-state index is 0.533. The first kappa shape index (κ1) is 11.6. The summed E-state index contributed by atoms with van der Waals surface area (Å²) in [7, 11) is 0. The van der Waals surface area contributed by atoms with Crippen molar-refractivity contribution in [2.75, 3.05) is 6.61 Å². The maximum atomic E-state index is 5.79. The predicted molar refractivity (Wildman–Crippen MR) is 74.8 cm³/mol. The molecule has 0 atom stereocenters. The Morgan fingerprint density at radius 3 is 2.88 bits per heavy atom. The van der Waals surface area contributed by atoms with Gasteiger partial charge >= 0.3 is 0 Å². The van der Waals surface area contributed by atoms with E-state index in [0.717, 1.165) is 23.3 Å². The lowest BCUT2D eigenvalue weighted by Gasteiger charge is -2.10.